The van der Waals surface area contributed by atoms with Gasteiger partial charge in [0, 0.05) is 25.2 Å². The summed E-state index contributed by atoms with van der Waals surface area (Å²) in [6, 6.07) is 4.41. The molecular weight excluding hydrogens is 308 g/mol. The first-order chi connectivity index (χ1) is 10.5. The van der Waals surface area contributed by atoms with E-state index in [-0.39, 0.29) is 11.0 Å². The van der Waals surface area contributed by atoms with Gasteiger partial charge in [-0.1, -0.05) is 0 Å². The number of furan rings is 1. The van der Waals surface area contributed by atoms with E-state index in [9.17, 15) is 10.1 Å². The molecule has 0 amide bonds. The molecule has 0 atom stereocenters. The number of anilines is 1. The van der Waals surface area contributed by atoms with Crippen LogP contribution in [-0.2, 0) is 0 Å². The van der Waals surface area contributed by atoms with Crippen molar-refractivity contribution >= 4 is 45.2 Å². The van der Waals surface area contributed by atoms with Gasteiger partial charge in [0.1, 0.15) is 11.1 Å². The van der Waals surface area contributed by atoms with Crippen LogP contribution in [0.1, 0.15) is 13.8 Å². The zero-order chi connectivity index (χ0) is 15.9. The van der Waals surface area contributed by atoms with Gasteiger partial charge in [-0.3, -0.25) is 10.1 Å². The van der Waals surface area contributed by atoms with Crippen molar-refractivity contribution in [3.05, 3.63) is 33.6 Å². The molecule has 22 heavy (non-hydrogen) atoms. The summed E-state index contributed by atoms with van der Waals surface area (Å²) in [5.74, 6) is 0.596. The van der Waals surface area contributed by atoms with Crippen molar-refractivity contribution in [3.63, 3.8) is 0 Å². The molecule has 2 heterocycles. The fraction of sp³-hybridized carbons (Fsp3) is 0.286. The number of hydrogen-bond acceptors (Lipinski definition) is 6. The minimum atomic E-state index is -0.452. The molecule has 0 radical (unpaired) electrons. The molecule has 0 aliphatic heterocycles. The normalized spacial score (nSPS) is 11.2. The predicted octanol–water partition coefficient (Wildman–Crippen LogP) is 3.78. The molecule has 0 saturated heterocycles. The molecule has 114 valence electrons. The highest BCUT2D eigenvalue weighted by Crippen LogP contribution is 2.35. The number of nitrogens with zero attached hydrogens (tertiary/aromatic N) is 4. The highest BCUT2D eigenvalue weighted by molar-refractivity contribution is 6.29. The molecule has 0 bridgehead atoms. The van der Waals surface area contributed by atoms with Gasteiger partial charge in [-0.15, -0.1) is 0 Å². The molecule has 0 aliphatic carbocycles. The maximum absolute atomic E-state index is 10.9. The minimum Gasteiger partial charge on any atom is -0.450 e. The Hall–Kier alpha value is -2.41. The van der Waals surface area contributed by atoms with Crippen LogP contribution in [0.5, 0.6) is 0 Å². The van der Waals surface area contributed by atoms with E-state index >= 15 is 0 Å². The second-order valence-corrected chi connectivity index (χ2v) is 5.04. The lowest BCUT2D eigenvalue weighted by atomic mass is 10.2. The van der Waals surface area contributed by atoms with Crippen LogP contribution in [0.25, 0.3) is 22.1 Å². The van der Waals surface area contributed by atoms with Crippen LogP contribution in [0.3, 0.4) is 0 Å². The molecule has 0 N–H and O–H groups in total. The van der Waals surface area contributed by atoms with E-state index in [2.05, 4.69) is 9.97 Å². The summed E-state index contributed by atoms with van der Waals surface area (Å²) >= 11 is 6.02. The Morgan fingerprint density at radius 1 is 1.32 bits per heavy atom. The van der Waals surface area contributed by atoms with Crippen LogP contribution in [0.4, 0.5) is 11.5 Å². The quantitative estimate of drug-likeness (QED) is 0.413. The van der Waals surface area contributed by atoms with Gasteiger partial charge in [0.05, 0.1) is 10.3 Å². The van der Waals surface area contributed by atoms with Crippen LogP contribution in [0, 0.1) is 10.1 Å². The third-order valence-electron chi connectivity index (χ3n) is 3.52. The molecule has 7 nitrogen and oxygen atoms in total. The summed E-state index contributed by atoms with van der Waals surface area (Å²) < 4.78 is 5.81. The van der Waals surface area contributed by atoms with Gasteiger partial charge in [-0.2, -0.15) is 4.98 Å². The smallest absolute Gasteiger partial charge is 0.270 e. The van der Waals surface area contributed by atoms with E-state index in [4.69, 9.17) is 16.0 Å². The summed E-state index contributed by atoms with van der Waals surface area (Å²) in [6.45, 7) is 5.46. The maximum Gasteiger partial charge on any atom is 0.270 e. The summed E-state index contributed by atoms with van der Waals surface area (Å²) in [6.07, 6.45) is 0. The lowest BCUT2D eigenvalue weighted by Gasteiger charge is -2.19. The standard InChI is InChI=1S/C14H13ClN4O3/c1-3-18(4-2)13-12-11(16-14(15)17-13)9-7-8(19(20)21)5-6-10(9)22-12/h5-7H,3-4H2,1-2H3. The average molecular weight is 321 g/mol. The molecule has 0 spiro atoms. The second kappa shape index (κ2) is 5.42. The van der Waals surface area contributed by atoms with E-state index in [0.29, 0.717) is 27.9 Å². The van der Waals surface area contributed by atoms with Crippen molar-refractivity contribution in [1.29, 1.82) is 0 Å². The third-order valence-corrected chi connectivity index (χ3v) is 3.69. The summed E-state index contributed by atoms with van der Waals surface area (Å²) in [7, 11) is 0. The summed E-state index contributed by atoms with van der Waals surface area (Å²) in [4.78, 5) is 20.9. The van der Waals surface area contributed by atoms with Crippen LogP contribution < -0.4 is 4.90 Å². The van der Waals surface area contributed by atoms with Crippen molar-refractivity contribution in [2.75, 3.05) is 18.0 Å². The predicted molar refractivity (Wildman–Crippen MR) is 84.5 cm³/mol. The topological polar surface area (TPSA) is 85.3 Å². The van der Waals surface area contributed by atoms with Crippen molar-refractivity contribution in [2.45, 2.75) is 13.8 Å². The Morgan fingerprint density at radius 3 is 2.68 bits per heavy atom. The Bertz CT molecular complexity index is 873. The highest BCUT2D eigenvalue weighted by atomic mass is 35.5. The molecule has 3 aromatic rings. The zero-order valence-corrected chi connectivity index (χ0v) is 12.8. The molecule has 2 aromatic heterocycles. The molecule has 1 aromatic carbocycles. The van der Waals surface area contributed by atoms with Gasteiger partial charge in [0.25, 0.3) is 5.69 Å². The van der Waals surface area contributed by atoms with E-state index in [0.717, 1.165) is 13.1 Å². The first-order valence-corrected chi connectivity index (χ1v) is 7.22. The molecule has 3 rings (SSSR count). The number of benzene rings is 1. The first-order valence-electron chi connectivity index (χ1n) is 6.84. The molecule has 0 fully saturated rings. The third kappa shape index (κ3) is 2.23. The first kappa shape index (κ1) is 14.5. The number of nitro benzene ring substituents is 1. The lowest BCUT2D eigenvalue weighted by Crippen LogP contribution is -2.23. The number of fused-ring (bicyclic) bond motifs is 3. The Balaban J connectivity index is 2.36. The van der Waals surface area contributed by atoms with Gasteiger partial charge in [-0.25, -0.2) is 4.98 Å². The molecule has 0 aliphatic rings. The van der Waals surface area contributed by atoms with Gasteiger partial charge in [0.15, 0.2) is 11.4 Å². The maximum atomic E-state index is 10.9. The van der Waals surface area contributed by atoms with Gasteiger partial charge in [-0.05, 0) is 31.5 Å². The monoisotopic (exact) mass is 320 g/mol. The number of non-ortho nitro benzene ring substituents is 1. The van der Waals surface area contributed by atoms with Crippen molar-refractivity contribution in [3.8, 4) is 0 Å². The van der Waals surface area contributed by atoms with E-state index in [1.807, 2.05) is 18.7 Å². The van der Waals surface area contributed by atoms with Crippen LogP contribution in [-0.4, -0.2) is 28.0 Å². The van der Waals surface area contributed by atoms with Gasteiger partial charge in [0.2, 0.25) is 5.28 Å². The molecule has 0 saturated carbocycles. The molecular formula is C14H13ClN4O3. The summed E-state index contributed by atoms with van der Waals surface area (Å²) in [5.41, 5.74) is 1.48. The van der Waals surface area contributed by atoms with E-state index in [1.165, 1.54) is 12.1 Å². The lowest BCUT2D eigenvalue weighted by molar-refractivity contribution is -0.384. The fourth-order valence-corrected chi connectivity index (χ4v) is 2.61. The number of nitro groups is 1. The van der Waals surface area contributed by atoms with E-state index in [1.54, 1.807) is 6.07 Å². The number of halogens is 1. The van der Waals surface area contributed by atoms with Crippen LogP contribution >= 0.6 is 11.6 Å². The Kier molecular flexibility index (Phi) is 3.58. The van der Waals surface area contributed by atoms with Gasteiger partial charge < -0.3 is 9.32 Å². The zero-order valence-electron chi connectivity index (χ0n) is 12.0. The van der Waals surface area contributed by atoms with Crippen molar-refractivity contribution in [2.24, 2.45) is 0 Å². The van der Waals surface area contributed by atoms with Gasteiger partial charge >= 0.3 is 0 Å². The number of aromatic nitrogens is 2. The fourth-order valence-electron chi connectivity index (χ4n) is 2.44. The number of rotatable bonds is 4. The van der Waals surface area contributed by atoms with Crippen LogP contribution in [0.15, 0.2) is 22.6 Å². The Morgan fingerprint density at radius 2 is 2.05 bits per heavy atom. The second-order valence-electron chi connectivity index (χ2n) is 4.71. The Labute approximate surface area is 130 Å². The minimum absolute atomic E-state index is 0.0191. The molecule has 0 unspecified atom stereocenters. The van der Waals surface area contributed by atoms with Crippen LogP contribution in [0.2, 0.25) is 5.28 Å². The largest absolute Gasteiger partial charge is 0.450 e. The number of hydrogen-bond donors (Lipinski definition) is 0. The van der Waals surface area contributed by atoms with Crippen molar-refractivity contribution < 1.29 is 9.34 Å². The average Bonchev–Trinajstić information content (AvgIpc) is 2.86. The molecule has 8 heteroatoms. The SMILES string of the molecule is CCN(CC)c1nc(Cl)nc2c1oc1ccc([N+](=O)[O-])cc12. The summed E-state index contributed by atoms with van der Waals surface area (Å²) in [5, 5.41) is 11.6. The van der Waals surface area contributed by atoms with E-state index < -0.39 is 4.92 Å². The highest BCUT2D eigenvalue weighted by Gasteiger charge is 2.20. The van der Waals surface area contributed by atoms with Crippen molar-refractivity contribution in [1.82, 2.24) is 9.97 Å².